The molecule has 0 radical (unpaired) electrons. The highest BCUT2D eigenvalue weighted by molar-refractivity contribution is 6.49. The van der Waals surface area contributed by atoms with E-state index >= 15 is 0 Å². The van der Waals surface area contributed by atoms with Gasteiger partial charge in [-0.3, -0.25) is 0 Å². The summed E-state index contributed by atoms with van der Waals surface area (Å²) in [4.78, 5) is 9.78. The van der Waals surface area contributed by atoms with Crippen LogP contribution in [0.5, 0.6) is 0 Å². The van der Waals surface area contributed by atoms with Crippen molar-refractivity contribution in [2.45, 2.75) is 38.9 Å². The summed E-state index contributed by atoms with van der Waals surface area (Å²) in [6.45, 7) is 7.35. The van der Waals surface area contributed by atoms with Crippen molar-refractivity contribution in [3.05, 3.63) is 78.9 Å². The van der Waals surface area contributed by atoms with Crippen LogP contribution in [0.2, 0.25) is 0 Å². The minimum absolute atomic E-state index is 0.367. The Hall–Kier alpha value is -3.02. The largest absolute Gasteiger partial charge is 0.427 e. The van der Waals surface area contributed by atoms with Crippen molar-refractivity contribution in [1.82, 2.24) is 9.97 Å². The molecule has 0 bridgehead atoms. The minimum atomic E-state index is -0.968. The molecule has 4 rings (SSSR count). The van der Waals surface area contributed by atoms with Crippen LogP contribution in [0.3, 0.4) is 0 Å². The Bertz CT molecular complexity index is 1200. The Labute approximate surface area is 184 Å². The number of hydrogen-bond acceptors (Lipinski definition) is 4. The lowest BCUT2D eigenvalue weighted by atomic mass is 9.79. The number of hydrogen-bond donors (Lipinski definition) is 1. The Morgan fingerprint density at radius 1 is 0.774 bits per heavy atom. The molecule has 0 amide bonds. The number of aliphatic hydroxyl groups is 1. The number of para-hydroxylation sites is 1. The van der Waals surface area contributed by atoms with Gasteiger partial charge in [0.05, 0.1) is 22.4 Å². The van der Waals surface area contributed by atoms with Crippen molar-refractivity contribution < 1.29 is 9.76 Å². The first-order valence-corrected chi connectivity index (χ1v) is 10.5. The molecule has 1 aromatic heterocycles. The van der Waals surface area contributed by atoms with Gasteiger partial charge in [0.2, 0.25) is 0 Å². The summed E-state index contributed by atoms with van der Waals surface area (Å²) >= 11 is 0. The van der Waals surface area contributed by atoms with Crippen molar-refractivity contribution in [1.29, 1.82) is 0 Å². The summed E-state index contributed by atoms with van der Waals surface area (Å²) in [5, 5.41) is 11.5. The van der Waals surface area contributed by atoms with Crippen LogP contribution in [0.25, 0.3) is 33.5 Å². The molecule has 0 saturated heterocycles. The van der Waals surface area contributed by atoms with Gasteiger partial charge in [0.1, 0.15) is 0 Å². The zero-order valence-electron chi connectivity index (χ0n) is 18.5. The molecule has 31 heavy (non-hydrogen) atoms. The normalized spacial score (nSPS) is 12.2. The lowest BCUT2D eigenvalue weighted by Gasteiger charge is -2.37. The molecule has 0 aliphatic carbocycles. The molecule has 0 saturated carbocycles. The fourth-order valence-corrected chi connectivity index (χ4v) is 3.31. The SMILES string of the molecule is CC(C)(O)C(C)(C)OBc1ccccc1-c1nc(-c2ccccc2)nc2ccccc12. The molecule has 3 aromatic carbocycles. The average Bonchev–Trinajstić information content (AvgIpc) is 2.77. The van der Waals surface area contributed by atoms with Crippen molar-refractivity contribution in [2.24, 2.45) is 0 Å². The number of fused-ring (bicyclic) bond motifs is 1. The van der Waals surface area contributed by atoms with Crippen LogP contribution in [0.15, 0.2) is 78.9 Å². The maximum absolute atomic E-state index is 10.5. The van der Waals surface area contributed by atoms with Gasteiger partial charge in [-0.1, -0.05) is 72.8 Å². The van der Waals surface area contributed by atoms with E-state index in [1.165, 1.54) is 0 Å². The van der Waals surface area contributed by atoms with E-state index in [0.717, 1.165) is 33.2 Å². The molecule has 1 N–H and O–H groups in total. The fourth-order valence-electron chi connectivity index (χ4n) is 3.31. The highest BCUT2D eigenvalue weighted by Crippen LogP contribution is 2.29. The fraction of sp³-hybridized carbons (Fsp3) is 0.231. The summed E-state index contributed by atoms with van der Waals surface area (Å²) in [7, 11) is 0.367. The first kappa shape index (κ1) is 21.2. The number of benzene rings is 3. The van der Waals surface area contributed by atoms with Crippen LogP contribution in [0.1, 0.15) is 27.7 Å². The van der Waals surface area contributed by atoms with E-state index in [2.05, 4.69) is 18.2 Å². The van der Waals surface area contributed by atoms with Crippen LogP contribution in [-0.4, -0.2) is 33.8 Å². The summed E-state index contributed by atoms with van der Waals surface area (Å²) in [5.74, 6) is 0.696. The zero-order valence-corrected chi connectivity index (χ0v) is 18.5. The predicted octanol–water partition coefficient (Wildman–Crippen LogP) is 4.51. The topological polar surface area (TPSA) is 55.2 Å². The van der Waals surface area contributed by atoms with Crippen molar-refractivity contribution in [2.75, 3.05) is 0 Å². The molecule has 5 heteroatoms. The van der Waals surface area contributed by atoms with Crippen molar-refractivity contribution >= 4 is 23.8 Å². The molecule has 0 atom stereocenters. The first-order chi connectivity index (χ1) is 14.8. The molecule has 4 nitrogen and oxygen atoms in total. The Morgan fingerprint density at radius 2 is 1.42 bits per heavy atom. The maximum atomic E-state index is 10.5. The summed E-state index contributed by atoms with van der Waals surface area (Å²) in [6.07, 6.45) is 0. The quantitative estimate of drug-likeness (QED) is 0.476. The lowest BCUT2D eigenvalue weighted by molar-refractivity contribution is -0.0893. The van der Waals surface area contributed by atoms with Crippen LogP contribution < -0.4 is 5.46 Å². The van der Waals surface area contributed by atoms with Crippen LogP contribution in [0.4, 0.5) is 0 Å². The van der Waals surface area contributed by atoms with E-state index in [4.69, 9.17) is 14.6 Å². The van der Waals surface area contributed by atoms with Gasteiger partial charge in [-0.2, -0.15) is 0 Å². The molecular formula is C26H27BN2O2. The number of rotatable bonds is 6. The van der Waals surface area contributed by atoms with Gasteiger partial charge < -0.3 is 9.76 Å². The number of nitrogens with zero attached hydrogens (tertiary/aromatic N) is 2. The smallest absolute Gasteiger partial charge is 0.310 e. The predicted molar refractivity (Wildman–Crippen MR) is 129 cm³/mol. The van der Waals surface area contributed by atoms with Crippen LogP contribution in [0, 0.1) is 0 Å². The second-order valence-electron chi connectivity index (χ2n) is 8.79. The Kier molecular flexibility index (Phi) is 5.65. The monoisotopic (exact) mass is 410 g/mol. The third-order valence-electron chi connectivity index (χ3n) is 5.97. The van der Waals surface area contributed by atoms with Gasteiger partial charge >= 0.3 is 7.48 Å². The lowest BCUT2D eigenvalue weighted by Crippen LogP contribution is -2.49. The molecule has 0 aliphatic rings. The van der Waals surface area contributed by atoms with E-state index in [9.17, 15) is 5.11 Å². The average molecular weight is 410 g/mol. The minimum Gasteiger partial charge on any atom is -0.427 e. The second kappa shape index (κ2) is 8.25. The molecule has 1 heterocycles. The van der Waals surface area contributed by atoms with E-state index in [0.29, 0.717) is 13.3 Å². The highest BCUT2D eigenvalue weighted by atomic mass is 16.5. The van der Waals surface area contributed by atoms with E-state index in [1.54, 1.807) is 13.8 Å². The van der Waals surface area contributed by atoms with Crippen LogP contribution in [-0.2, 0) is 4.65 Å². The molecule has 0 spiro atoms. The van der Waals surface area contributed by atoms with Gasteiger partial charge in [-0.25, -0.2) is 9.97 Å². The summed E-state index contributed by atoms with van der Waals surface area (Å²) in [6, 6.07) is 26.2. The van der Waals surface area contributed by atoms with Gasteiger partial charge in [0.15, 0.2) is 5.82 Å². The summed E-state index contributed by atoms with van der Waals surface area (Å²) in [5.41, 5.74) is 3.11. The molecule has 0 fully saturated rings. The number of aromatic nitrogens is 2. The second-order valence-corrected chi connectivity index (χ2v) is 8.79. The summed E-state index contributed by atoms with van der Waals surface area (Å²) < 4.78 is 6.18. The third kappa shape index (κ3) is 4.38. The maximum Gasteiger partial charge on any atom is 0.310 e. The Balaban J connectivity index is 1.83. The van der Waals surface area contributed by atoms with Gasteiger partial charge in [0.25, 0.3) is 0 Å². The van der Waals surface area contributed by atoms with Gasteiger partial charge in [-0.15, -0.1) is 0 Å². The molecular weight excluding hydrogens is 383 g/mol. The zero-order chi connectivity index (χ0) is 22.1. The van der Waals surface area contributed by atoms with E-state index in [1.807, 2.05) is 74.5 Å². The van der Waals surface area contributed by atoms with E-state index < -0.39 is 11.2 Å². The van der Waals surface area contributed by atoms with Crippen molar-refractivity contribution in [3.63, 3.8) is 0 Å². The third-order valence-corrected chi connectivity index (χ3v) is 5.97. The van der Waals surface area contributed by atoms with Gasteiger partial charge in [-0.05, 0) is 44.8 Å². The highest BCUT2D eigenvalue weighted by Gasteiger charge is 2.35. The van der Waals surface area contributed by atoms with Gasteiger partial charge in [0, 0.05) is 10.9 Å². The molecule has 4 aromatic rings. The van der Waals surface area contributed by atoms with Crippen molar-refractivity contribution in [3.8, 4) is 22.6 Å². The first-order valence-electron chi connectivity index (χ1n) is 10.5. The van der Waals surface area contributed by atoms with Crippen LogP contribution >= 0.6 is 0 Å². The molecule has 0 aliphatic heterocycles. The Morgan fingerprint density at radius 3 is 2.16 bits per heavy atom. The van der Waals surface area contributed by atoms with E-state index in [-0.39, 0.29) is 0 Å². The molecule has 156 valence electrons. The standard InChI is InChI=1S/C26H27BN2O2/c1-25(2,30)26(3,4)31-27-21-16-10-8-14-19(21)23-20-15-9-11-17-22(20)28-24(29-23)18-12-6-5-7-13-18/h5-17,27,30H,1-4H3. The molecule has 0 unspecified atom stereocenters.